The number of anilines is 1. The number of nitrogens with one attached hydrogen (secondary N) is 2. The molecule has 2 bridgehead atoms. The second-order valence-corrected chi connectivity index (χ2v) is 15.9. The van der Waals surface area contributed by atoms with Gasteiger partial charge in [-0.25, -0.2) is 9.48 Å². The summed E-state index contributed by atoms with van der Waals surface area (Å²) in [5, 5.41) is 22.1. The third-order valence-electron chi connectivity index (χ3n) is 11.8. The largest absolute Gasteiger partial charge is 0.496 e. The SMILES string of the molecule is CNCCCN(C)CCCN(C)c1ccc(-n2nc(C(=O)NC3(C(=O)O)C(C)CC4CC(C)CC3C4)cc2-c2c(OC)cccc2OC)c(C(C)C)c1. The number of aliphatic carboxylic acids is 1. The fraction of sp³-hybridized carbons (Fsp3) is 0.595. The summed E-state index contributed by atoms with van der Waals surface area (Å²) in [5.74, 6) is 0.342. The minimum absolute atomic E-state index is 0.130. The van der Waals surface area contributed by atoms with Crippen LogP contribution in [0.15, 0.2) is 42.5 Å². The third kappa shape index (κ3) is 8.51. The first-order chi connectivity index (χ1) is 25.3. The van der Waals surface area contributed by atoms with E-state index in [-0.39, 0.29) is 23.4 Å². The number of ether oxygens (including phenoxy) is 2. The highest BCUT2D eigenvalue weighted by Crippen LogP contribution is 2.50. The quantitative estimate of drug-likeness (QED) is 0.131. The molecule has 0 spiro atoms. The molecular weight excluding hydrogens is 668 g/mol. The van der Waals surface area contributed by atoms with Gasteiger partial charge in [0.05, 0.1) is 31.2 Å². The molecule has 2 saturated carbocycles. The third-order valence-corrected chi connectivity index (χ3v) is 11.8. The fourth-order valence-electron chi connectivity index (χ4n) is 9.05. The number of hydrogen-bond acceptors (Lipinski definition) is 8. The zero-order valence-electron chi connectivity index (χ0n) is 33.4. The number of methoxy groups -OCH3 is 2. The standard InChI is InChI=1S/C42H62N6O5/c1-27(2)33-25-32(47(7)20-12-19-46(6)18-11-17-43-5)15-16-35(33)48-36(39-37(52-8)13-10-14-38(39)53-9)26-34(45-48)40(49)44-42(41(50)51)29(4)23-30-21-28(3)22-31(42)24-30/h10,13-16,25-31,43H,11-12,17-24H2,1-9H3,(H,44,49)(H,50,51). The highest BCUT2D eigenvalue weighted by atomic mass is 16.5. The summed E-state index contributed by atoms with van der Waals surface area (Å²) < 4.78 is 13.5. The summed E-state index contributed by atoms with van der Waals surface area (Å²) in [6.07, 6.45) is 5.64. The van der Waals surface area contributed by atoms with E-state index in [1.165, 1.54) is 0 Å². The summed E-state index contributed by atoms with van der Waals surface area (Å²) in [5.41, 5.74) is 3.03. The predicted molar refractivity (Wildman–Crippen MR) is 212 cm³/mol. The second kappa shape index (κ2) is 17.4. The second-order valence-electron chi connectivity index (χ2n) is 15.9. The summed E-state index contributed by atoms with van der Waals surface area (Å²) in [4.78, 5) is 32.3. The average Bonchev–Trinajstić information content (AvgIpc) is 3.57. The van der Waals surface area contributed by atoms with E-state index in [9.17, 15) is 14.7 Å². The van der Waals surface area contributed by atoms with Crippen molar-refractivity contribution in [3.05, 3.63) is 53.7 Å². The zero-order chi connectivity index (χ0) is 38.4. The molecule has 53 heavy (non-hydrogen) atoms. The van der Waals surface area contributed by atoms with Gasteiger partial charge in [0.2, 0.25) is 0 Å². The van der Waals surface area contributed by atoms with Crippen LogP contribution >= 0.6 is 0 Å². The van der Waals surface area contributed by atoms with Crippen molar-refractivity contribution in [1.82, 2.24) is 25.3 Å². The summed E-state index contributed by atoms with van der Waals surface area (Å²) >= 11 is 0. The Morgan fingerprint density at radius 2 is 1.68 bits per heavy atom. The van der Waals surface area contributed by atoms with Gasteiger partial charge in [0.15, 0.2) is 5.69 Å². The van der Waals surface area contributed by atoms with Crippen molar-refractivity contribution in [2.45, 2.75) is 77.7 Å². The van der Waals surface area contributed by atoms with Crippen molar-refractivity contribution in [3.8, 4) is 28.4 Å². The van der Waals surface area contributed by atoms with Gasteiger partial charge in [-0.3, -0.25) is 4.79 Å². The first kappa shape index (κ1) is 40.1. The lowest BCUT2D eigenvalue weighted by molar-refractivity contribution is -0.155. The summed E-state index contributed by atoms with van der Waals surface area (Å²) in [6.45, 7) is 12.5. The lowest BCUT2D eigenvalue weighted by Gasteiger charge is -2.52. The van der Waals surface area contributed by atoms with E-state index in [2.05, 4.69) is 73.5 Å². The molecule has 5 rings (SSSR count). The number of carboxylic acid groups (broad SMARTS) is 1. The number of rotatable bonds is 17. The van der Waals surface area contributed by atoms with Crippen LogP contribution in [0.2, 0.25) is 0 Å². The number of fused-ring (bicyclic) bond motifs is 2. The van der Waals surface area contributed by atoms with Gasteiger partial charge in [0.25, 0.3) is 5.91 Å². The van der Waals surface area contributed by atoms with E-state index in [0.717, 1.165) is 81.6 Å². The van der Waals surface area contributed by atoms with E-state index in [1.54, 1.807) is 25.0 Å². The fourth-order valence-corrected chi connectivity index (χ4v) is 9.05. The normalized spacial score (nSPS) is 22.5. The molecule has 11 heteroatoms. The van der Waals surface area contributed by atoms with Crippen molar-refractivity contribution in [1.29, 1.82) is 0 Å². The van der Waals surface area contributed by atoms with Gasteiger partial charge >= 0.3 is 5.97 Å². The van der Waals surface area contributed by atoms with E-state index in [1.807, 2.05) is 32.2 Å². The first-order valence-corrected chi connectivity index (χ1v) is 19.4. The van der Waals surface area contributed by atoms with E-state index in [0.29, 0.717) is 34.6 Å². The van der Waals surface area contributed by atoms with E-state index < -0.39 is 17.4 Å². The minimum atomic E-state index is -1.37. The molecule has 290 valence electrons. The Hall–Kier alpha value is -4.09. The number of carboxylic acids is 1. The van der Waals surface area contributed by atoms with Crippen molar-refractivity contribution in [2.24, 2.45) is 23.7 Å². The van der Waals surface area contributed by atoms with Gasteiger partial charge < -0.3 is 35.0 Å². The van der Waals surface area contributed by atoms with Crippen LogP contribution in [-0.2, 0) is 4.79 Å². The lowest BCUT2D eigenvalue weighted by Crippen LogP contribution is -2.66. The maximum absolute atomic E-state index is 14.4. The minimum Gasteiger partial charge on any atom is -0.496 e. The molecule has 5 unspecified atom stereocenters. The maximum Gasteiger partial charge on any atom is 0.329 e. The molecule has 2 aliphatic rings. The Morgan fingerprint density at radius 1 is 0.981 bits per heavy atom. The number of benzene rings is 2. The van der Waals surface area contributed by atoms with Crippen LogP contribution in [0.1, 0.15) is 88.2 Å². The molecule has 1 heterocycles. The van der Waals surface area contributed by atoms with Crippen LogP contribution in [0, 0.1) is 23.7 Å². The zero-order valence-corrected chi connectivity index (χ0v) is 33.4. The number of carbonyl (C=O) groups excluding carboxylic acids is 1. The highest BCUT2D eigenvalue weighted by Gasteiger charge is 2.56. The molecule has 1 amide bonds. The van der Waals surface area contributed by atoms with Crippen LogP contribution in [0.3, 0.4) is 0 Å². The number of aromatic nitrogens is 2. The molecule has 3 N–H and O–H groups in total. The van der Waals surface area contributed by atoms with Crippen LogP contribution in [-0.4, -0.2) is 98.7 Å². The Bertz CT molecular complexity index is 1700. The molecule has 0 radical (unpaired) electrons. The number of carbonyl (C=O) groups is 2. The van der Waals surface area contributed by atoms with Crippen LogP contribution in [0.25, 0.3) is 16.9 Å². The molecule has 11 nitrogen and oxygen atoms in total. The van der Waals surface area contributed by atoms with Crippen molar-refractivity contribution in [3.63, 3.8) is 0 Å². The van der Waals surface area contributed by atoms with Crippen molar-refractivity contribution >= 4 is 17.6 Å². The molecule has 2 aliphatic carbocycles. The smallest absolute Gasteiger partial charge is 0.329 e. The number of hydrogen-bond donors (Lipinski definition) is 3. The topological polar surface area (TPSA) is 121 Å². The predicted octanol–water partition coefficient (Wildman–Crippen LogP) is 6.69. The van der Waals surface area contributed by atoms with Crippen LogP contribution in [0.5, 0.6) is 11.5 Å². The Labute approximate surface area is 316 Å². The Morgan fingerprint density at radius 3 is 2.32 bits per heavy atom. The number of nitrogens with zero attached hydrogens (tertiary/aromatic N) is 4. The Kier molecular flexibility index (Phi) is 13.1. The lowest BCUT2D eigenvalue weighted by atomic mass is 9.56. The van der Waals surface area contributed by atoms with Gasteiger partial charge in [-0.2, -0.15) is 5.10 Å². The van der Waals surface area contributed by atoms with Crippen molar-refractivity contribution in [2.75, 3.05) is 66.4 Å². The van der Waals surface area contributed by atoms with E-state index in [4.69, 9.17) is 14.6 Å². The number of amides is 1. The monoisotopic (exact) mass is 730 g/mol. The van der Waals surface area contributed by atoms with Gasteiger partial charge in [0.1, 0.15) is 17.0 Å². The van der Waals surface area contributed by atoms with Gasteiger partial charge in [-0.15, -0.1) is 0 Å². The first-order valence-electron chi connectivity index (χ1n) is 19.4. The average molecular weight is 731 g/mol. The van der Waals surface area contributed by atoms with Crippen LogP contribution < -0.4 is 25.0 Å². The van der Waals surface area contributed by atoms with Gasteiger partial charge in [-0.1, -0.05) is 33.8 Å². The molecule has 2 fully saturated rings. The summed E-state index contributed by atoms with van der Waals surface area (Å²) in [6, 6.07) is 13.7. The van der Waals surface area contributed by atoms with Gasteiger partial charge in [0, 0.05) is 19.3 Å². The van der Waals surface area contributed by atoms with Crippen molar-refractivity contribution < 1.29 is 24.2 Å². The molecular formula is C42H62N6O5. The van der Waals surface area contributed by atoms with Gasteiger partial charge in [-0.05, 0) is 144 Å². The molecule has 1 aromatic heterocycles. The van der Waals surface area contributed by atoms with Crippen LogP contribution in [0.4, 0.5) is 5.69 Å². The summed E-state index contributed by atoms with van der Waals surface area (Å²) in [7, 11) is 9.51. The molecule has 2 aromatic carbocycles. The molecule has 0 aliphatic heterocycles. The molecule has 5 atom stereocenters. The molecule has 3 aromatic rings. The maximum atomic E-state index is 14.4. The Balaban J connectivity index is 1.54. The molecule has 0 saturated heterocycles. The van der Waals surface area contributed by atoms with E-state index >= 15 is 0 Å². The highest BCUT2D eigenvalue weighted by molar-refractivity contribution is 5.98.